The van der Waals surface area contributed by atoms with Crippen LogP contribution in [0.3, 0.4) is 0 Å². The quantitative estimate of drug-likeness (QED) is 0.165. The molecule has 0 saturated carbocycles. The second kappa shape index (κ2) is 14.5. The summed E-state index contributed by atoms with van der Waals surface area (Å²) in [6, 6.07) is 21.6. The van der Waals surface area contributed by atoms with Gasteiger partial charge in [-0.25, -0.2) is 0 Å². The fraction of sp³-hybridized carbons (Fsp3) is 0.133. The van der Waals surface area contributed by atoms with Gasteiger partial charge in [0, 0.05) is 33.4 Å². The summed E-state index contributed by atoms with van der Waals surface area (Å²) in [5.74, 6) is 1.21. The van der Waals surface area contributed by atoms with E-state index in [1.54, 1.807) is 36.4 Å². The second-order valence-corrected chi connectivity index (χ2v) is 10.2. The van der Waals surface area contributed by atoms with E-state index in [9.17, 15) is 9.59 Å². The Hall–Kier alpha value is -2.64. The molecule has 0 atom stereocenters. The fourth-order valence-corrected chi connectivity index (χ4v) is 5.11. The molecule has 0 aliphatic carbocycles. The molecule has 0 unspecified atom stereocenters. The Morgan fingerprint density at radius 3 is 1.39 bits per heavy atom. The van der Waals surface area contributed by atoms with Crippen molar-refractivity contribution in [3.63, 3.8) is 0 Å². The molecule has 0 amide bonds. The molecule has 0 radical (unpaired) electrons. The number of hydrogen-bond acceptors (Lipinski definition) is 4. The van der Waals surface area contributed by atoms with E-state index in [0.29, 0.717) is 41.6 Å². The van der Waals surface area contributed by atoms with Gasteiger partial charge in [-0.05, 0) is 68.3 Å². The molecular formula is C30H24Br2Cl2O4. The summed E-state index contributed by atoms with van der Waals surface area (Å²) >= 11 is 20.4. The third-order valence-corrected chi connectivity index (χ3v) is 7.53. The summed E-state index contributed by atoms with van der Waals surface area (Å²) in [5.41, 5.74) is 4.24. The van der Waals surface area contributed by atoms with Gasteiger partial charge in [-0.1, -0.05) is 73.4 Å². The minimum atomic E-state index is 0.233. The number of ether oxygens (including phenoxy) is 2. The van der Waals surface area contributed by atoms with Crippen molar-refractivity contribution in [2.24, 2.45) is 0 Å². The van der Waals surface area contributed by atoms with Gasteiger partial charge in [-0.2, -0.15) is 0 Å². The van der Waals surface area contributed by atoms with Crippen LogP contribution in [-0.2, 0) is 13.2 Å². The van der Waals surface area contributed by atoms with Gasteiger partial charge in [-0.3, -0.25) is 9.59 Å². The van der Waals surface area contributed by atoms with Crippen LogP contribution < -0.4 is 9.47 Å². The average Bonchev–Trinajstić information content (AvgIpc) is 2.94. The Labute approximate surface area is 249 Å². The van der Waals surface area contributed by atoms with Crippen LogP contribution >= 0.6 is 55.1 Å². The Morgan fingerprint density at radius 2 is 1.05 bits per heavy atom. The summed E-state index contributed by atoms with van der Waals surface area (Å²) in [5, 5.41) is 1.07. The van der Waals surface area contributed by atoms with Crippen molar-refractivity contribution in [2.45, 2.75) is 27.1 Å². The third-order valence-electron chi connectivity index (χ3n) is 5.40. The van der Waals surface area contributed by atoms with Gasteiger partial charge in [0.25, 0.3) is 0 Å². The van der Waals surface area contributed by atoms with Crippen LogP contribution in [0.15, 0.2) is 81.7 Å². The predicted molar refractivity (Wildman–Crippen MR) is 161 cm³/mol. The van der Waals surface area contributed by atoms with Gasteiger partial charge in [0.1, 0.15) is 37.3 Å². The van der Waals surface area contributed by atoms with Crippen molar-refractivity contribution in [1.82, 2.24) is 0 Å². The third kappa shape index (κ3) is 7.26. The Bertz CT molecular complexity index is 1330. The van der Waals surface area contributed by atoms with Crippen molar-refractivity contribution in [1.29, 1.82) is 0 Å². The molecule has 196 valence electrons. The lowest BCUT2D eigenvalue weighted by atomic mass is 10.0. The average molecular weight is 679 g/mol. The Morgan fingerprint density at radius 1 is 0.658 bits per heavy atom. The number of halogens is 4. The zero-order valence-electron chi connectivity index (χ0n) is 20.6. The number of aldehydes is 2. The maximum atomic E-state index is 11.0. The minimum absolute atomic E-state index is 0.233. The van der Waals surface area contributed by atoms with Crippen LogP contribution in [0.25, 0.3) is 11.1 Å². The molecule has 4 rings (SSSR count). The second-order valence-electron chi connectivity index (χ2n) is 7.75. The van der Waals surface area contributed by atoms with Gasteiger partial charge in [0.2, 0.25) is 0 Å². The van der Waals surface area contributed by atoms with Crippen molar-refractivity contribution in [3.05, 3.63) is 114 Å². The van der Waals surface area contributed by atoms with E-state index in [0.717, 1.165) is 34.8 Å². The molecule has 0 spiro atoms. The lowest BCUT2D eigenvalue weighted by Crippen LogP contribution is -2.00. The first-order valence-electron chi connectivity index (χ1n) is 11.7. The molecule has 4 nitrogen and oxygen atoms in total. The standard InChI is InChI=1S/C28H18Br2Cl2O4.C2H6/c29-23-11-17(13-33)7-9-25(23)35-15-19-3-1-5-21(27(19)31)22-6-2-4-20(28(22)32)16-36-26-10-8-18(14-34)12-24(26)30;1-2/h1-14H,15-16H2;1-2H3. The maximum Gasteiger partial charge on any atom is 0.150 e. The smallest absolute Gasteiger partial charge is 0.150 e. The number of benzene rings is 4. The van der Waals surface area contributed by atoms with E-state index in [1.165, 1.54) is 0 Å². The van der Waals surface area contributed by atoms with Crippen molar-refractivity contribution in [2.75, 3.05) is 0 Å². The molecule has 4 aromatic rings. The van der Waals surface area contributed by atoms with Gasteiger partial charge in [0.05, 0.1) is 19.0 Å². The summed E-state index contributed by atoms with van der Waals surface area (Å²) in [7, 11) is 0. The lowest BCUT2D eigenvalue weighted by Gasteiger charge is -2.15. The molecule has 0 fully saturated rings. The molecular weight excluding hydrogens is 655 g/mol. The van der Waals surface area contributed by atoms with Gasteiger partial charge in [-0.15, -0.1) is 0 Å². The van der Waals surface area contributed by atoms with E-state index in [1.807, 2.05) is 50.2 Å². The first-order chi connectivity index (χ1) is 18.4. The van der Waals surface area contributed by atoms with E-state index >= 15 is 0 Å². The van der Waals surface area contributed by atoms with Gasteiger partial charge >= 0.3 is 0 Å². The summed E-state index contributed by atoms with van der Waals surface area (Å²) in [6.07, 6.45) is 1.56. The highest BCUT2D eigenvalue weighted by Crippen LogP contribution is 2.38. The van der Waals surface area contributed by atoms with Crippen molar-refractivity contribution >= 4 is 67.6 Å². The highest BCUT2D eigenvalue weighted by atomic mass is 79.9. The molecule has 0 aliphatic heterocycles. The molecule has 4 aromatic carbocycles. The molecule has 38 heavy (non-hydrogen) atoms. The lowest BCUT2D eigenvalue weighted by molar-refractivity contribution is 0.111. The SMILES string of the molecule is CC.O=Cc1ccc(OCc2cccc(-c3cccc(COc4ccc(C=O)cc4Br)c3Cl)c2Cl)c(Br)c1. The van der Waals surface area contributed by atoms with E-state index in [2.05, 4.69) is 31.9 Å². The molecule has 0 aromatic heterocycles. The van der Waals surface area contributed by atoms with Crippen molar-refractivity contribution < 1.29 is 19.1 Å². The summed E-state index contributed by atoms with van der Waals surface area (Å²) in [4.78, 5) is 21.9. The number of hydrogen-bond donors (Lipinski definition) is 0. The van der Waals surface area contributed by atoms with Gasteiger partial charge in [0.15, 0.2) is 0 Å². The van der Waals surface area contributed by atoms with E-state index in [4.69, 9.17) is 32.7 Å². The van der Waals surface area contributed by atoms with Crippen LogP contribution in [0.4, 0.5) is 0 Å². The number of rotatable bonds is 9. The molecule has 8 heteroatoms. The predicted octanol–water partition coefficient (Wildman–Crippen LogP) is 9.99. The first kappa shape index (κ1) is 29.9. The largest absolute Gasteiger partial charge is 0.488 e. The number of carbonyl (C=O) groups excluding carboxylic acids is 2. The molecule has 0 N–H and O–H groups in total. The fourth-order valence-electron chi connectivity index (χ4n) is 3.52. The zero-order valence-corrected chi connectivity index (χ0v) is 25.3. The first-order valence-corrected chi connectivity index (χ1v) is 14.1. The summed E-state index contributed by atoms with van der Waals surface area (Å²) in [6.45, 7) is 4.47. The number of carbonyl (C=O) groups is 2. The zero-order chi connectivity index (χ0) is 27.7. The molecule has 0 heterocycles. The monoisotopic (exact) mass is 676 g/mol. The van der Waals surface area contributed by atoms with Crippen LogP contribution in [-0.4, -0.2) is 12.6 Å². The highest BCUT2D eigenvalue weighted by molar-refractivity contribution is 9.10. The van der Waals surface area contributed by atoms with Crippen LogP contribution in [0.1, 0.15) is 45.7 Å². The Kier molecular flexibility index (Phi) is 11.4. The van der Waals surface area contributed by atoms with E-state index < -0.39 is 0 Å². The van der Waals surface area contributed by atoms with Crippen LogP contribution in [0, 0.1) is 0 Å². The van der Waals surface area contributed by atoms with Crippen LogP contribution in [0.5, 0.6) is 11.5 Å². The molecule has 0 saturated heterocycles. The summed E-state index contributed by atoms with van der Waals surface area (Å²) < 4.78 is 13.2. The normalized spacial score (nSPS) is 10.3. The van der Waals surface area contributed by atoms with Crippen molar-refractivity contribution in [3.8, 4) is 22.6 Å². The Balaban J connectivity index is 0.00000195. The van der Waals surface area contributed by atoms with Gasteiger partial charge < -0.3 is 9.47 Å². The highest BCUT2D eigenvalue weighted by Gasteiger charge is 2.15. The molecule has 0 aliphatic rings. The van der Waals surface area contributed by atoms with E-state index in [-0.39, 0.29) is 13.2 Å². The molecule has 0 bridgehead atoms. The maximum absolute atomic E-state index is 11.0. The van der Waals surface area contributed by atoms with Crippen LogP contribution in [0.2, 0.25) is 10.0 Å². The topological polar surface area (TPSA) is 52.6 Å². The minimum Gasteiger partial charge on any atom is -0.488 e.